The van der Waals surface area contributed by atoms with Crippen molar-refractivity contribution in [1.82, 2.24) is 0 Å². The molecule has 112 valence electrons. The second kappa shape index (κ2) is 12.0. The molecule has 1 nitrogen and oxygen atoms in total. The second-order valence-corrected chi connectivity index (χ2v) is 11.8. The van der Waals surface area contributed by atoms with Crippen molar-refractivity contribution in [2.24, 2.45) is 5.92 Å². The van der Waals surface area contributed by atoms with Gasteiger partial charge in [0.1, 0.15) is 0 Å². The van der Waals surface area contributed by atoms with E-state index >= 15 is 0 Å². The standard InChI is InChI=1S/C15H33OSi.BrH.Mg/c1-9-10-15(8)11-16-17(12(2)3,13(4)5)14(6)7;;/h12-15H,1,9-11H2,2-8H3;1H;/q-1;;+2/p-1/t15-;;/m0../s1. The van der Waals surface area contributed by atoms with Crippen LogP contribution in [0.1, 0.15) is 61.3 Å². The third-order valence-electron chi connectivity index (χ3n) is 4.02. The van der Waals surface area contributed by atoms with Crippen LogP contribution in [0.25, 0.3) is 0 Å². The molecule has 0 N–H and O–H groups in total. The first-order valence-electron chi connectivity index (χ1n) is 7.22. The fourth-order valence-electron chi connectivity index (χ4n) is 3.22. The van der Waals surface area contributed by atoms with E-state index in [9.17, 15) is 0 Å². The molecule has 0 aromatic rings. The van der Waals surface area contributed by atoms with Crippen molar-refractivity contribution in [2.75, 3.05) is 6.61 Å². The zero-order valence-corrected chi connectivity index (χ0v) is 18.1. The van der Waals surface area contributed by atoms with Crippen LogP contribution in [-0.4, -0.2) is 38.0 Å². The molecule has 0 spiro atoms. The minimum absolute atomic E-state index is 0. The molecule has 0 aromatic carbocycles. The Morgan fingerprint density at radius 2 is 1.26 bits per heavy atom. The van der Waals surface area contributed by atoms with E-state index in [4.69, 9.17) is 4.43 Å². The Morgan fingerprint density at radius 3 is 1.53 bits per heavy atom. The van der Waals surface area contributed by atoms with Crippen molar-refractivity contribution in [3.8, 4) is 0 Å². The summed E-state index contributed by atoms with van der Waals surface area (Å²) in [5.74, 6) is 0.649. The molecule has 0 amide bonds. The van der Waals surface area contributed by atoms with Crippen LogP contribution in [0.5, 0.6) is 0 Å². The molecule has 0 fully saturated rings. The number of hydrogen-bond acceptors (Lipinski definition) is 1. The van der Waals surface area contributed by atoms with E-state index in [0.29, 0.717) is 22.5 Å². The van der Waals surface area contributed by atoms with Crippen LogP contribution in [-0.2, 0) is 4.43 Å². The van der Waals surface area contributed by atoms with E-state index in [0.717, 1.165) is 13.0 Å². The van der Waals surface area contributed by atoms with Crippen molar-refractivity contribution >= 4 is 31.4 Å². The summed E-state index contributed by atoms with van der Waals surface area (Å²) < 4.78 is 6.54. The summed E-state index contributed by atoms with van der Waals surface area (Å²) in [6, 6.07) is 0. The topological polar surface area (TPSA) is 9.23 Å². The van der Waals surface area contributed by atoms with Gasteiger partial charge in [-0.05, 0) is 22.5 Å². The van der Waals surface area contributed by atoms with E-state index in [1.54, 1.807) is 0 Å². The molecule has 4 heteroatoms. The Kier molecular flexibility index (Phi) is 16.1. The second-order valence-electron chi connectivity index (χ2n) is 6.38. The fourth-order valence-corrected chi connectivity index (χ4v) is 8.79. The van der Waals surface area contributed by atoms with Gasteiger partial charge < -0.3 is 28.3 Å². The van der Waals surface area contributed by atoms with Crippen LogP contribution in [0.15, 0.2) is 0 Å². The van der Waals surface area contributed by atoms with E-state index in [-0.39, 0.29) is 40.0 Å². The van der Waals surface area contributed by atoms with Crippen molar-refractivity contribution in [3.63, 3.8) is 0 Å². The molecule has 0 aromatic heterocycles. The summed E-state index contributed by atoms with van der Waals surface area (Å²) >= 11 is 0. The van der Waals surface area contributed by atoms with Crippen LogP contribution in [0.2, 0.25) is 16.6 Å². The summed E-state index contributed by atoms with van der Waals surface area (Å²) in [6.45, 7) is 21.2. The van der Waals surface area contributed by atoms with Gasteiger partial charge in [0, 0.05) is 6.61 Å². The van der Waals surface area contributed by atoms with E-state index in [1.165, 1.54) is 6.42 Å². The number of hydrogen-bond donors (Lipinski definition) is 0. The summed E-state index contributed by atoms with van der Waals surface area (Å²) in [5.41, 5.74) is 2.07. The predicted octanol–water partition coefficient (Wildman–Crippen LogP) is 2.05. The van der Waals surface area contributed by atoms with Gasteiger partial charge >= 0.3 is 23.1 Å². The predicted molar refractivity (Wildman–Crippen MR) is 86.5 cm³/mol. The smallest absolute Gasteiger partial charge is 1.00 e. The van der Waals surface area contributed by atoms with Crippen LogP contribution >= 0.6 is 0 Å². The van der Waals surface area contributed by atoms with Gasteiger partial charge in [0.05, 0.1) is 0 Å². The fraction of sp³-hybridized carbons (Fsp3) is 0.933. The molecule has 0 aliphatic carbocycles. The molecule has 1 atom stereocenters. The quantitative estimate of drug-likeness (QED) is 0.475. The summed E-state index contributed by atoms with van der Waals surface area (Å²) in [4.78, 5) is 0. The molecule has 0 heterocycles. The van der Waals surface area contributed by atoms with Gasteiger partial charge in [-0.15, -0.1) is 0 Å². The maximum Gasteiger partial charge on any atom is 2.00 e. The average molecular weight is 362 g/mol. The van der Waals surface area contributed by atoms with Gasteiger partial charge in [-0.1, -0.05) is 54.9 Å². The van der Waals surface area contributed by atoms with Gasteiger partial charge in [-0.2, -0.15) is 6.42 Å². The SMILES string of the molecule is [Br-].[CH2-]CC[C@H](C)CO[Si](C(C)C)(C(C)C)C(C)C.[Mg+2]. The molecule has 19 heavy (non-hydrogen) atoms. The summed E-state index contributed by atoms with van der Waals surface area (Å²) in [7, 11) is -1.64. The Hall–Kier alpha value is 1.42. The van der Waals surface area contributed by atoms with Crippen molar-refractivity contribution in [1.29, 1.82) is 0 Å². The molecular weight excluding hydrogens is 328 g/mol. The van der Waals surface area contributed by atoms with Crippen molar-refractivity contribution in [2.45, 2.75) is 77.9 Å². The molecule has 0 aliphatic heterocycles. The minimum atomic E-state index is -1.64. The Labute approximate surface area is 149 Å². The first-order valence-corrected chi connectivity index (χ1v) is 9.36. The van der Waals surface area contributed by atoms with Gasteiger partial charge in [-0.3, -0.25) is 0 Å². The van der Waals surface area contributed by atoms with Crippen LogP contribution < -0.4 is 17.0 Å². The van der Waals surface area contributed by atoms with Gasteiger partial charge in [0.25, 0.3) is 0 Å². The third kappa shape index (κ3) is 7.30. The molecule has 0 radical (unpaired) electrons. The monoisotopic (exact) mass is 360 g/mol. The summed E-state index contributed by atoms with van der Waals surface area (Å²) in [5, 5.41) is 0. The largest absolute Gasteiger partial charge is 2.00 e. The molecule has 0 saturated carbocycles. The van der Waals surface area contributed by atoms with Crippen molar-refractivity contribution < 1.29 is 21.4 Å². The molecule has 0 bridgehead atoms. The third-order valence-corrected chi connectivity index (χ3v) is 10.1. The zero-order chi connectivity index (χ0) is 13.6. The summed E-state index contributed by atoms with van der Waals surface area (Å²) in [6.07, 6.45) is 2.20. The van der Waals surface area contributed by atoms with E-state index < -0.39 is 8.32 Å². The zero-order valence-electron chi connectivity index (χ0n) is 14.1. The first kappa shape index (κ1) is 25.4. The van der Waals surface area contributed by atoms with E-state index in [2.05, 4.69) is 55.4 Å². The van der Waals surface area contributed by atoms with Crippen LogP contribution in [0.4, 0.5) is 0 Å². The van der Waals surface area contributed by atoms with Crippen LogP contribution in [0.3, 0.4) is 0 Å². The average Bonchev–Trinajstić information content (AvgIpc) is 2.17. The van der Waals surface area contributed by atoms with Gasteiger partial charge in [-0.25, -0.2) is 0 Å². The van der Waals surface area contributed by atoms with Crippen LogP contribution in [0, 0.1) is 12.8 Å². The number of rotatable bonds is 8. The first-order chi connectivity index (χ1) is 7.78. The normalized spacial score (nSPS) is 13.4. The maximum absolute atomic E-state index is 6.54. The molecule has 0 saturated heterocycles. The van der Waals surface area contributed by atoms with Gasteiger partial charge in [0.2, 0.25) is 0 Å². The Balaban J connectivity index is -0.00000128. The minimum Gasteiger partial charge on any atom is -1.00 e. The van der Waals surface area contributed by atoms with Gasteiger partial charge in [0.15, 0.2) is 8.32 Å². The molecule has 0 unspecified atom stereocenters. The number of halogens is 1. The Bertz CT molecular complexity index is 189. The van der Waals surface area contributed by atoms with E-state index in [1.807, 2.05) is 0 Å². The van der Waals surface area contributed by atoms with Crippen molar-refractivity contribution in [3.05, 3.63) is 6.92 Å². The maximum atomic E-state index is 6.54. The molecule has 0 aliphatic rings. The molecular formula is C15H33BrMgOSi. The molecule has 0 rings (SSSR count). The Morgan fingerprint density at radius 1 is 0.895 bits per heavy atom.